The molecule has 0 atom stereocenters. The zero-order valence-electron chi connectivity index (χ0n) is 16.2. The highest BCUT2D eigenvalue weighted by molar-refractivity contribution is 7.89. The number of hydrogen-bond acceptors (Lipinski definition) is 4. The molecule has 0 saturated carbocycles. The molecule has 0 radical (unpaired) electrons. The maximum atomic E-state index is 14.8. The Morgan fingerprint density at radius 1 is 1.03 bits per heavy atom. The molecule has 4 rings (SSSR count). The highest BCUT2D eigenvalue weighted by Crippen LogP contribution is 2.35. The number of fused-ring (bicyclic) bond motifs is 1. The molecule has 32 heavy (non-hydrogen) atoms. The lowest BCUT2D eigenvalue weighted by atomic mass is 10.1. The van der Waals surface area contributed by atoms with Crippen LogP contribution in [0.2, 0.25) is 10.0 Å². The fraction of sp³-hybridized carbons (Fsp3) is 0.0476. The van der Waals surface area contributed by atoms with Crippen molar-refractivity contribution in [3.63, 3.8) is 0 Å². The van der Waals surface area contributed by atoms with Crippen molar-refractivity contribution in [2.75, 3.05) is 6.26 Å². The summed E-state index contributed by atoms with van der Waals surface area (Å²) in [5, 5.41) is 5.25. The predicted octanol–water partition coefficient (Wildman–Crippen LogP) is 4.97. The van der Waals surface area contributed by atoms with Crippen LogP contribution in [-0.2, 0) is 10.0 Å². The first-order valence-corrected chi connectivity index (χ1v) is 11.6. The van der Waals surface area contributed by atoms with Gasteiger partial charge in [-0.3, -0.25) is 4.79 Å². The number of halogens is 4. The standard InChI is InChI=1S/C21H13Cl2F2N3O3S/c1-32(30,31)27-21(29)13-9-15(23)19(10-17(13)25)28-18-7-6-11(22)8-14(18)20(26-28)12-4-2-3-5-16(12)24/h2-10H,1H3,(H,27,29). The number of carbonyl (C=O) groups excluding carboxylic acids is 1. The minimum Gasteiger partial charge on any atom is -0.268 e. The molecule has 0 saturated heterocycles. The normalized spacial score (nSPS) is 11.7. The second-order valence-corrected chi connectivity index (χ2v) is 9.48. The molecule has 4 aromatic rings. The van der Waals surface area contributed by atoms with Crippen molar-refractivity contribution >= 4 is 50.0 Å². The minimum absolute atomic E-state index is 0.0648. The molecule has 11 heteroatoms. The molecule has 0 spiro atoms. The van der Waals surface area contributed by atoms with Gasteiger partial charge in [-0.15, -0.1) is 0 Å². The topological polar surface area (TPSA) is 81.1 Å². The first-order chi connectivity index (χ1) is 15.0. The van der Waals surface area contributed by atoms with Crippen LogP contribution >= 0.6 is 23.2 Å². The largest absolute Gasteiger partial charge is 0.268 e. The van der Waals surface area contributed by atoms with Gasteiger partial charge in [0.2, 0.25) is 10.0 Å². The summed E-state index contributed by atoms with van der Waals surface area (Å²) in [6.07, 6.45) is 0.768. The molecular weight excluding hydrogens is 483 g/mol. The molecule has 0 aliphatic carbocycles. The Labute approximate surface area is 191 Å². The average Bonchev–Trinajstić information content (AvgIpc) is 3.06. The Morgan fingerprint density at radius 2 is 1.75 bits per heavy atom. The molecule has 1 aromatic heterocycles. The van der Waals surface area contributed by atoms with Gasteiger partial charge in [-0.1, -0.05) is 35.3 Å². The lowest BCUT2D eigenvalue weighted by Crippen LogP contribution is -2.30. The highest BCUT2D eigenvalue weighted by Gasteiger charge is 2.22. The van der Waals surface area contributed by atoms with E-state index in [2.05, 4.69) is 5.10 Å². The number of hydrogen-bond donors (Lipinski definition) is 1. The van der Waals surface area contributed by atoms with Crippen LogP contribution in [0.15, 0.2) is 54.6 Å². The molecule has 0 aliphatic rings. The van der Waals surface area contributed by atoms with Gasteiger partial charge >= 0.3 is 0 Å². The van der Waals surface area contributed by atoms with Crippen molar-refractivity contribution in [1.82, 2.24) is 14.5 Å². The van der Waals surface area contributed by atoms with E-state index in [1.165, 1.54) is 16.8 Å². The smallest absolute Gasteiger partial charge is 0.267 e. The van der Waals surface area contributed by atoms with E-state index >= 15 is 0 Å². The molecule has 6 nitrogen and oxygen atoms in total. The second-order valence-electron chi connectivity index (χ2n) is 6.89. The van der Waals surface area contributed by atoms with E-state index in [0.29, 0.717) is 15.9 Å². The number of nitrogens with zero attached hydrogens (tertiary/aromatic N) is 2. The summed E-state index contributed by atoms with van der Waals surface area (Å²) < 4.78 is 54.8. The quantitative estimate of drug-likeness (QED) is 0.433. The van der Waals surface area contributed by atoms with Crippen LogP contribution in [0.25, 0.3) is 27.8 Å². The van der Waals surface area contributed by atoms with Gasteiger partial charge in [0.15, 0.2) is 0 Å². The summed E-state index contributed by atoms with van der Waals surface area (Å²) in [7, 11) is -3.90. The van der Waals surface area contributed by atoms with Crippen LogP contribution in [0.1, 0.15) is 10.4 Å². The molecule has 1 heterocycles. The lowest BCUT2D eigenvalue weighted by molar-refractivity contribution is 0.0978. The molecule has 164 valence electrons. The number of rotatable bonds is 4. The number of benzene rings is 3. The molecule has 0 bridgehead atoms. The molecular formula is C21H13Cl2F2N3O3S. The van der Waals surface area contributed by atoms with E-state index in [1.54, 1.807) is 35.1 Å². The SMILES string of the molecule is CS(=O)(=O)NC(=O)c1cc(Cl)c(-n2nc(-c3ccccc3F)c3cc(Cl)ccc32)cc1F. The molecule has 0 aliphatic heterocycles. The third-order valence-electron chi connectivity index (χ3n) is 4.56. The van der Waals surface area contributed by atoms with E-state index in [1.807, 2.05) is 0 Å². The van der Waals surface area contributed by atoms with Crippen molar-refractivity contribution in [2.45, 2.75) is 0 Å². The number of sulfonamides is 1. The third kappa shape index (κ3) is 4.19. The van der Waals surface area contributed by atoms with Crippen LogP contribution in [0, 0.1) is 11.6 Å². The van der Waals surface area contributed by atoms with Crippen molar-refractivity contribution in [3.8, 4) is 16.9 Å². The van der Waals surface area contributed by atoms with Crippen LogP contribution in [0.3, 0.4) is 0 Å². The van der Waals surface area contributed by atoms with Crippen molar-refractivity contribution in [3.05, 3.63) is 81.8 Å². The lowest BCUT2D eigenvalue weighted by Gasteiger charge is -2.10. The minimum atomic E-state index is -3.90. The Bertz CT molecular complexity index is 1500. The van der Waals surface area contributed by atoms with Gasteiger partial charge in [-0.2, -0.15) is 5.10 Å². The van der Waals surface area contributed by atoms with Gasteiger partial charge in [-0.25, -0.2) is 26.6 Å². The zero-order chi connectivity index (χ0) is 23.2. The summed E-state index contributed by atoms with van der Waals surface area (Å²) in [5.41, 5.74) is 0.436. The monoisotopic (exact) mass is 495 g/mol. The third-order valence-corrected chi connectivity index (χ3v) is 5.65. The fourth-order valence-electron chi connectivity index (χ4n) is 3.22. The Hall–Kier alpha value is -3.01. The number of amides is 1. The van der Waals surface area contributed by atoms with Crippen LogP contribution < -0.4 is 4.72 Å². The zero-order valence-corrected chi connectivity index (χ0v) is 18.6. The van der Waals surface area contributed by atoms with Gasteiger partial charge in [0.05, 0.1) is 28.0 Å². The van der Waals surface area contributed by atoms with Gasteiger partial charge < -0.3 is 0 Å². The molecule has 1 N–H and O–H groups in total. The molecule has 3 aromatic carbocycles. The van der Waals surface area contributed by atoms with Gasteiger partial charge in [-0.05, 0) is 36.4 Å². The van der Waals surface area contributed by atoms with E-state index in [9.17, 15) is 22.0 Å². The van der Waals surface area contributed by atoms with Crippen LogP contribution in [0.4, 0.5) is 8.78 Å². The summed E-state index contributed by atoms with van der Waals surface area (Å²) in [6, 6.07) is 12.8. The Balaban J connectivity index is 1.92. The Morgan fingerprint density at radius 3 is 2.44 bits per heavy atom. The molecule has 0 fully saturated rings. The van der Waals surface area contributed by atoms with Gasteiger partial charge in [0.25, 0.3) is 5.91 Å². The average molecular weight is 496 g/mol. The van der Waals surface area contributed by atoms with E-state index in [-0.39, 0.29) is 22.0 Å². The van der Waals surface area contributed by atoms with Crippen LogP contribution in [-0.4, -0.2) is 30.4 Å². The van der Waals surface area contributed by atoms with E-state index in [4.69, 9.17) is 23.2 Å². The van der Waals surface area contributed by atoms with Gasteiger partial charge in [0.1, 0.15) is 17.3 Å². The number of nitrogens with one attached hydrogen (secondary N) is 1. The van der Waals surface area contributed by atoms with Crippen molar-refractivity contribution in [2.24, 2.45) is 0 Å². The van der Waals surface area contributed by atoms with Crippen molar-refractivity contribution in [1.29, 1.82) is 0 Å². The summed E-state index contributed by atoms with van der Waals surface area (Å²) in [6.45, 7) is 0. The molecule has 1 amide bonds. The number of carbonyl (C=O) groups is 1. The molecule has 0 unspecified atom stereocenters. The summed E-state index contributed by atoms with van der Waals surface area (Å²) in [4.78, 5) is 12.1. The first-order valence-electron chi connectivity index (χ1n) is 9.00. The number of aromatic nitrogens is 2. The summed E-state index contributed by atoms with van der Waals surface area (Å²) >= 11 is 12.4. The fourth-order valence-corrected chi connectivity index (χ4v) is 4.08. The summed E-state index contributed by atoms with van der Waals surface area (Å²) in [5.74, 6) is -2.69. The predicted molar refractivity (Wildman–Crippen MR) is 119 cm³/mol. The maximum Gasteiger partial charge on any atom is 0.267 e. The van der Waals surface area contributed by atoms with Gasteiger partial charge in [0, 0.05) is 22.0 Å². The Kier molecular flexibility index (Phi) is 5.66. The van der Waals surface area contributed by atoms with E-state index in [0.717, 1.165) is 18.4 Å². The van der Waals surface area contributed by atoms with E-state index < -0.39 is 33.1 Å². The van der Waals surface area contributed by atoms with Crippen LogP contribution in [0.5, 0.6) is 0 Å². The first kappa shape index (κ1) is 22.2. The second kappa shape index (κ2) is 8.16. The maximum absolute atomic E-state index is 14.8. The van der Waals surface area contributed by atoms with Crippen molar-refractivity contribution < 1.29 is 22.0 Å². The highest BCUT2D eigenvalue weighted by atomic mass is 35.5.